The topological polar surface area (TPSA) is 37.4 Å². The van der Waals surface area contributed by atoms with Crippen molar-refractivity contribution >= 4 is 11.8 Å². The molecule has 1 aliphatic heterocycles. The summed E-state index contributed by atoms with van der Waals surface area (Å²) in [7, 11) is 1.37. The van der Waals surface area contributed by atoms with E-state index in [0.717, 1.165) is 4.90 Å². The van der Waals surface area contributed by atoms with Gasteiger partial charge in [0.15, 0.2) is 0 Å². The average molecular weight is 247 g/mol. The summed E-state index contributed by atoms with van der Waals surface area (Å²) in [6.07, 6.45) is -3.85. The van der Waals surface area contributed by atoms with Gasteiger partial charge in [-0.05, 0) is 24.7 Å². The molecule has 3 aliphatic rings. The zero-order chi connectivity index (χ0) is 12.5. The zero-order valence-electron chi connectivity index (χ0n) is 9.20. The molecule has 2 saturated carbocycles. The molecule has 0 radical (unpaired) electrons. The molecule has 1 heterocycles. The van der Waals surface area contributed by atoms with E-state index in [1.165, 1.54) is 7.05 Å². The highest BCUT2D eigenvalue weighted by Gasteiger charge is 2.67. The summed E-state index contributed by atoms with van der Waals surface area (Å²) >= 11 is 0. The lowest BCUT2D eigenvalue weighted by Crippen LogP contribution is -2.37. The number of carbonyl (C=O) groups is 2. The van der Waals surface area contributed by atoms with E-state index in [2.05, 4.69) is 0 Å². The van der Waals surface area contributed by atoms with E-state index < -0.39 is 35.8 Å². The summed E-state index contributed by atoms with van der Waals surface area (Å²) in [6, 6.07) is 0. The van der Waals surface area contributed by atoms with E-state index in [4.69, 9.17) is 0 Å². The summed E-state index contributed by atoms with van der Waals surface area (Å²) < 4.78 is 38.4. The highest BCUT2D eigenvalue weighted by molar-refractivity contribution is 6.05. The maximum Gasteiger partial charge on any atom is 0.392 e. The van der Waals surface area contributed by atoms with Crippen LogP contribution in [0.1, 0.15) is 12.8 Å². The van der Waals surface area contributed by atoms with Crippen molar-refractivity contribution in [2.24, 2.45) is 29.6 Å². The molecule has 17 heavy (non-hydrogen) atoms. The SMILES string of the molecule is CN1C(=O)C2[C@H]3CC(CC3C(F)(F)F)[C@H]2C1=O. The van der Waals surface area contributed by atoms with Crippen LogP contribution in [0.3, 0.4) is 0 Å². The summed E-state index contributed by atoms with van der Waals surface area (Å²) in [5.74, 6) is -4.20. The van der Waals surface area contributed by atoms with E-state index in [1.54, 1.807) is 0 Å². The molecule has 94 valence electrons. The van der Waals surface area contributed by atoms with Crippen molar-refractivity contribution in [3.8, 4) is 0 Å². The maximum absolute atomic E-state index is 12.8. The van der Waals surface area contributed by atoms with Crippen molar-refractivity contribution in [3.05, 3.63) is 0 Å². The van der Waals surface area contributed by atoms with Crippen molar-refractivity contribution in [1.29, 1.82) is 0 Å². The number of hydrogen-bond acceptors (Lipinski definition) is 2. The Morgan fingerprint density at radius 1 is 1.12 bits per heavy atom. The Hall–Kier alpha value is -1.07. The summed E-state index contributed by atoms with van der Waals surface area (Å²) in [6.45, 7) is 0. The van der Waals surface area contributed by atoms with Crippen LogP contribution in [0.25, 0.3) is 0 Å². The second kappa shape index (κ2) is 3.03. The molecule has 6 heteroatoms. The van der Waals surface area contributed by atoms with Gasteiger partial charge in [-0.2, -0.15) is 13.2 Å². The highest BCUT2D eigenvalue weighted by atomic mass is 19.4. The minimum atomic E-state index is -4.24. The van der Waals surface area contributed by atoms with Gasteiger partial charge >= 0.3 is 6.18 Å². The average Bonchev–Trinajstić information content (AvgIpc) is 2.86. The molecular formula is C11H12F3NO2. The lowest BCUT2D eigenvalue weighted by atomic mass is 9.75. The molecule has 1 saturated heterocycles. The third-order valence-electron chi connectivity index (χ3n) is 4.66. The molecule has 0 aromatic heterocycles. The predicted molar refractivity (Wildman–Crippen MR) is 50.5 cm³/mol. The van der Waals surface area contributed by atoms with Gasteiger partial charge < -0.3 is 0 Å². The Morgan fingerprint density at radius 3 is 2.29 bits per heavy atom. The molecule has 0 spiro atoms. The molecular weight excluding hydrogens is 235 g/mol. The van der Waals surface area contributed by atoms with Crippen molar-refractivity contribution in [3.63, 3.8) is 0 Å². The van der Waals surface area contributed by atoms with E-state index in [-0.39, 0.29) is 18.2 Å². The number of hydrogen-bond donors (Lipinski definition) is 0. The van der Waals surface area contributed by atoms with Gasteiger partial charge in [0.2, 0.25) is 11.8 Å². The number of halogens is 3. The second-order valence-electron chi connectivity index (χ2n) is 5.33. The van der Waals surface area contributed by atoms with Crippen LogP contribution in [0.2, 0.25) is 0 Å². The molecule has 3 fully saturated rings. The van der Waals surface area contributed by atoms with Gasteiger partial charge in [0, 0.05) is 7.05 Å². The molecule has 3 rings (SSSR count). The van der Waals surface area contributed by atoms with Crippen LogP contribution in [0, 0.1) is 29.6 Å². The summed E-state index contributed by atoms with van der Waals surface area (Å²) in [4.78, 5) is 24.6. The van der Waals surface area contributed by atoms with Crippen LogP contribution in [0.15, 0.2) is 0 Å². The van der Waals surface area contributed by atoms with Gasteiger partial charge in [-0.25, -0.2) is 0 Å². The van der Waals surface area contributed by atoms with Gasteiger partial charge in [-0.1, -0.05) is 0 Å². The van der Waals surface area contributed by atoms with Gasteiger partial charge in [-0.15, -0.1) is 0 Å². The number of alkyl halides is 3. The summed E-state index contributed by atoms with van der Waals surface area (Å²) in [5, 5.41) is 0. The Bertz CT molecular complexity index is 406. The molecule has 2 amide bonds. The largest absolute Gasteiger partial charge is 0.392 e. The predicted octanol–water partition coefficient (Wildman–Crippen LogP) is 1.44. The lowest BCUT2D eigenvalue weighted by molar-refractivity contribution is -0.193. The number of likely N-dealkylation sites (tertiary alicyclic amines) is 1. The molecule has 0 N–H and O–H groups in total. The second-order valence-corrected chi connectivity index (χ2v) is 5.33. The maximum atomic E-state index is 12.8. The minimum Gasteiger partial charge on any atom is -0.285 e. The molecule has 2 aliphatic carbocycles. The standard InChI is InChI=1S/C11H12F3NO2/c1-15-9(16)7-4-2-5(8(7)10(15)17)6(3-4)11(12,13)14/h4-8H,2-3H2,1H3/t4?,5-,6?,7+,8?/m0/s1. The smallest absolute Gasteiger partial charge is 0.285 e. The van der Waals surface area contributed by atoms with Crippen LogP contribution in [0.4, 0.5) is 13.2 Å². The number of fused-ring (bicyclic) bond motifs is 5. The zero-order valence-corrected chi connectivity index (χ0v) is 9.20. The Morgan fingerprint density at radius 2 is 1.71 bits per heavy atom. The van der Waals surface area contributed by atoms with Crippen molar-refractivity contribution < 1.29 is 22.8 Å². The number of rotatable bonds is 0. The lowest BCUT2D eigenvalue weighted by Gasteiger charge is -2.29. The van der Waals surface area contributed by atoms with Crippen LogP contribution in [-0.2, 0) is 9.59 Å². The normalized spacial score (nSPS) is 44.7. The fourth-order valence-corrected chi connectivity index (χ4v) is 3.98. The van der Waals surface area contributed by atoms with Crippen molar-refractivity contribution in [2.75, 3.05) is 7.05 Å². The van der Waals surface area contributed by atoms with Crippen LogP contribution in [-0.4, -0.2) is 29.9 Å². The van der Waals surface area contributed by atoms with Crippen molar-refractivity contribution in [2.45, 2.75) is 19.0 Å². The van der Waals surface area contributed by atoms with Gasteiger partial charge in [0.1, 0.15) is 0 Å². The Balaban J connectivity index is 1.94. The minimum absolute atomic E-state index is 0.0161. The number of nitrogens with zero attached hydrogens (tertiary/aromatic N) is 1. The molecule has 0 aromatic carbocycles. The molecule has 0 aromatic rings. The summed E-state index contributed by atoms with van der Waals surface area (Å²) in [5.41, 5.74) is 0. The van der Waals surface area contributed by atoms with Gasteiger partial charge in [0.25, 0.3) is 0 Å². The first-order chi connectivity index (χ1) is 7.82. The van der Waals surface area contributed by atoms with Crippen LogP contribution < -0.4 is 0 Å². The fourth-order valence-electron chi connectivity index (χ4n) is 3.98. The van der Waals surface area contributed by atoms with E-state index in [9.17, 15) is 22.8 Å². The Labute approximate surface area is 96.0 Å². The van der Waals surface area contributed by atoms with Crippen molar-refractivity contribution in [1.82, 2.24) is 4.90 Å². The van der Waals surface area contributed by atoms with E-state index in [0.29, 0.717) is 6.42 Å². The first-order valence-electron chi connectivity index (χ1n) is 5.70. The molecule has 3 unspecified atom stereocenters. The Kier molecular flexibility index (Phi) is 1.97. The number of carbonyl (C=O) groups excluding carboxylic acids is 2. The highest BCUT2D eigenvalue weighted by Crippen LogP contribution is 2.61. The third kappa shape index (κ3) is 1.24. The first-order valence-corrected chi connectivity index (χ1v) is 5.70. The van der Waals surface area contributed by atoms with Crippen LogP contribution >= 0.6 is 0 Å². The molecule has 5 atom stereocenters. The first kappa shape index (κ1) is 11.0. The fraction of sp³-hybridized carbons (Fsp3) is 0.818. The van der Waals surface area contributed by atoms with Gasteiger partial charge in [-0.3, -0.25) is 14.5 Å². The third-order valence-corrected chi connectivity index (χ3v) is 4.66. The quantitative estimate of drug-likeness (QED) is 0.607. The van der Waals surface area contributed by atoms with Gasteiger partial charge in [0.05, 0.1) is 17.8 Å². The molecule has 2 bridgehead atoms. The number of imide groups is 1. The monoisotopic (exact) mass is 247 g/mol. The van der Waals surface area contributed by atoms with Crippen LogP contribution in [0.5, 0.6) is 0 Å². The number of amides is 2. The van der Waals surface area contributed by atoms with E-state index in [1.807, 2.05) is 0 Å². The molecule has 3 nitrogen and oxygen atoms in total. The van der Waals surface area contributed by atoms with E-state index >= 15 is 0 Å².